The summed E-state index contributed by atoms with van der Waals surface area (Å²) in [6.45, 7) is 9.14. The number of fused-ring (bicyclic) bond motifs is 2. The van der Waals surface area contributed by atoms with Gasteiger partial charge in [-0.25, -0.2) is 0 Å². The van der Waals surface area contributed by atoms with Crippen LogP contribution in [-0.4, -0.2) is 61.7 Å². The first kappa shape index (κ1) is 11.7. The van der Waals surface area contributed by atoms with Crippen LogP contribution in [0, 0.1) is 17.8 Å². The van der Waals surface area contributed by atoms with Gasteiger partial charge >= 0.3 is 0 Å². The van der Waals surface area contributed by atoms with Crippen molar-refractivity contribution < 1.29 is 0 Å². The van der Waals surface area contributed by atoms with Crippen molar-refractivity contribution in [3.05, 3.63) is 0 Å². The Hall–Kier alpha value is -0.120. The average Bonchev–Trinajstić information content (AvgIpc) is 2.91. The minimum absolute atomic E-state index is 0.856. The topological polar surface area (TPSA) is 18.5 Å². The van der Waals surface area contributed by atoms with Gasteiger partial charge in [-0.3, -0.25) is 4.90 Å². The summed E-state index contributed by atoms with van der Waals surface area (Å²) >= 11 is 0. The van der Waals surface area contributed by atoms with E-state index in [4.69, 9.17) is 0 Å². The minimum atomic E-state index is 0.856. The summed E-state index contributed by atoms with van der Waals surface area (Å²) in [6.07, 6.45) is 6.21. The molecule has 2 aliphatic heterocycles. The van der Waals surface area contributed by atoms with Gasteiger partial charge in [0.1, 0.15) is 0 Å². The fourth-order valence-electron chi connectivity index (χ4n) is 4.77. The lowest BCUT2D eigenvalue weighted by molar-refractivity contribution is 0.0600. The molecule has 4 rings (SSSR count). The maximum atomic E-state index is 3.39. The van der Waals surface area contributed by atoms with E-state index >= 15 is 0 Å². The molecule has 2 saturated heterocycles. The van der Waals surface area contributed by atoms with E-state index in [1.165, 1.54) is 45.8 Å². The largest absolute Gasteiger partial charge is 0.314 e. The molecule has 0 radical (unpaired) electrons. The number of nitrogens with one attached hydrogen (secondary N) is 1. The molecule has 2 heterocycles. The highest BCUT2D eigenvalue weighted by Crippen LogP contribution is 2.48. The second-order valence-electron chi connectivity index (χ2n) is 7.08. The molecule has 102 valence electrons. The summed E-state index contributed by atoms with van der Waals surface area (Å²) in [5.74, 6) is 3.27. The molecule has 0 spiro atoms. The first-order valence-corrected chi connectivity index (χ1v) is 8.05. The third-order valence-electron chi connectivity index (χ3n) is 6.06. The van der Waals surface area contributed by atoms with Crippen LogP contribution >= 0.6 is 0 Å². The Morgan fingerprint density at radius 3 is 2.33 bits per heavy atom. The van der Waals surface area contributed by atoms with Gasteiger partial charge in [-0.1, -0.05) is 6.42 Å². The van der Waals surface area contributed by atoms with E-state index in [2.05, 4.69) is 15.1 Å². The number of nitrogens with zero attached hydrogens (tertiary/aromatic N) is 2. The molecule has 3 nitrogen and oxygen atoms in total. The summed E-state index contributed by atoms with van der Waals surface area (Å²) in [4.78, 5) is 5.46. The Morgan fingerprint density at radius 2 is 1.78 bits per heavy atom. The zero-order chi connectivity index (χ0) is 11.9. The molecule has 0 aromatic carbocycles. The van der Waals surface area contributed by atoms with Crippen molar-refractivity contribution in [3.8, 4) is 0 Å². The monoisotopic (exact) mass is 249 g/mol. The van der Waals surface area contributed by atoms with Gasteiger partial charge in [-0.05, 0) is 37.0 Å². The van der Waals surface area contributed by atoms with Crippen LogP contribution in [0.5, 0.6) is 0 Å². The third-order valence-corrected chi connectivity index (χ3v) is 6.06. The highest BCUT2D eigenvalue weighted by Gasteiger charge is 2.40. The number of hydrogen-bond donors (Lipinski definition) is 1. The summed E-state index contributed by atoms with van der Waals surface area (Å²) in [5.41, 5.74) is 0. The summed E-state index contributed by atoms with van der Waals surface area (Å²) in [7, 11) is 0. The standard InChI is InChI=1S/C15H27N3/c1-2-13-7-12(1)8-14(13)11-17-3-5-18(6-4-17)15-9-16-10-15/h12-16H,1-11H2. The number of piperazine rings is 1. The lowest BCUT2D eigenvalue weighted by Gasteiger charge is -2.44. The van der Waals surface area contributed by atoms with Crippen LogP contribution in [0.1, 0.15) is 25.7 Å². The van der Waals surface area contributed by atoms with Crippen LogP contribution in [0.15, 0.2) is 0 Å². The highest BCUT2D eigenvalue weighted by molar-refractivity contribution is 4.93. The van der Waals surface area contributed by atoms with E-state index in [0.29, 0.717) is 0 Å². The van der Waals surface area contributed by atoms with E-state index in [1.807, 2.05) is 0 Å². The Balaban J connectivity index is 1.25. The van der Waals surface area contributed by atoms with Crippen LogP contribution < -0.4 is 5.32 Å². The van der Waals surface area contributed by atoms with Gasteiger partial charge in [0.2, 0.25) is 0 Å². The van der Waals surface area contributed by atoms with Crippen molar-refractivity contribution in [2.75, 3.05) is 45.8 Å². The molecule has 18 heavy (non-hydrogen) atoms. The Labute approximate surface area is 111 Å². The fourth-order valence-corrected chi connectivity index (χ4v) is 4.77. The second-order valence-corrected chi connectivity index (χ2v) is 7.08. The van der Waals surface area contributed by atoms with Gasteiger partial charge in [0.05, 0.1) is 0 Å². The molecular formula is C15H27N3. The lowest BCUT2D eigenvalue weighted by Crippen LogP contribution is -2.61. The molecule has 2 aliphatic carbocycles. The Morgan fingerprint density at radius 1 is 0.944 bits per heavy atom. The zero-order valence-corrected chi connectivity index (χ0v) is 11.5. The van der Waals surface area contributed by atoms with Crippen LogP contribution in [-0.2, 0) is 0 Å². The highest BCUT2D eigenvalue weighted by atomic mass is 15.3. The average molecular weight is 249 g/mol. The molecule has 3 atom stereocenters. The van der Waals surface area contributed by atoms with Crippen LogP contribution in [0.4, 0.5) is 0 Å². The van der Waals surface area contributed by atoms with Gasteiger partial charge in [0, 0.05) is 51.9 Å². The summed E-state index contributed by atoms with van der Waals surface area (Å²) in [5, 5.41) is 3.39. The quantitative estimate of drug-likeness (QED) is 0.805. The minimum Gasteiger partial charge on any atom is -0.314 e. The predicted octanol–water partition coefficient (Wildman–Crippen LogP) is 1.01. The Kier molecular flexibility index (Phi) is 3.10. The molecule has 2 bridgehead atoms. The summed E-state index contributed by atoms with van der Waals surface area (Å²) < 4.78 is 0. The SMILES string of the molecule is C1CC2CC1CC2CN1CCN(C2CNC2)CC1. The number of hydrogen-bond acceptors (Lipinski definition) is 3. The van der Waals surface area contributed by atoms with Crippen molar-refractivity contribution in [3.63, 3.8) is 0 Å². The van der Waals surface area contributed by atoms with Gasteiger partial charge in [-0.2, -0.15) is 0 Å². The first-order valence-electron chi connectivity index (χ1n) is 8.05. The van der Waals surface area contributed by atoms with E-state index < -0.39 is 0 Å². The van der Waals surface area contributed by atoms with E-state index in [0.717, 1.165) is 23.8 Å². The van der Waals surface area contributed by atoms with Crippen LogP contribution in [0.25, 0.3) is 0 Å². The van der Waals surface area contributed by atoms with E-state index in [1.54, 1.807) is 25.7 Å². The molecule has 0 amide bonds. The van der Waals surface area contributed by atoms with E-state index in [-0.39, 0.29) is 0 Å². The fraction of sp³-hybridized carbons (Fsp3) is 1.00. The number of rotatable bonds is 3. The Bertz CT molecular complexity index is 294. The molecule has 0 aromatic rings. The lowest BCUT2D eigenvalue weighted by atomic mass is 9.88. The second kappa shape index (κ2) is 4.77. The van der Waals surface area contributed by atoms with Gasteiger partial charge in [0.15, 0.2) is 0 Å². The van der Waals surface area contributed by atoms with Crippen molar-refractivity contribution >= 4 is 0 Å². The smallest absolute Gasteiger partial charge is 0.0346 e. The third kappa shape index (κ3) is 2.10. The zero-order valence-electron chi connectivity index (χ0n) is 11.5. The predicted molar refractivity (Wildman–Crippen MR) is 73.6 cm³/mol. The molecule has 0 aromatic heterocycles. The van der Waals surface area contributed by atoms with Crippen molar-refractivity contribution in [2.24, 2.45) is 17.8 Å². The van der Waals surface area contributed by atoms with Crippen LogP contribution in [0.2, 0.25) is 0 Å². The van der Waals surface area contributed by atoms with Crippen LogP contribution in [0.3, 0.4) is 0 Å². The van der Waals surface area contributed by atoms with Crippen molar-refractivity contribution in [2.45, 2.75) is 31.7 Å². The maximum absolute atomic E-state index is 3.39. The molecule has 4 aliphatic rings. The summed E-state index contributed by atoms with van der Waals surface area (Å²) in [6, 6.07) is 0.856. The molecule has 3 unspecified atom stereocenters. The van der Waals surface area contributed by atoms with Gasteiger partial charge in [0.25, 0.3) is 0 Å². The van der Waals surface area contributed by atoms with Gasteiger partial charge < -0.3 is 10.2 Å². The maximum Gasteiger partial charge on any atom is 0.0346 e. The molecule has 4 fully saturated rings. The van der Waals surface area contributed by atoms with Crippen molar-refractivity contribution in [1.82, 2.24) is 15.1 Å². The van der Waals surface area contributed by atoms with Gasteiger partial charge in [-0.15, -0.1) is 0 Å². The first-order chi connectivity index (χ1) is 8.88. The molecular weight excluding hydrogens is 222 g/mol. The molecule has 1 N–H and O–H groups in total. The molecule has 3 heteroatoms. The van der Waals surface area contributed by atoms with Crippen molar-refractivity contribution in [1.29, 1.82) is 0 Å². The normalized spacial score (nSPS) is 42.3. The van der Waals surface area contributed by atoms with E-state index in [9.17, 15) is 0 Å². The molecule has 2 saturated carbocycles.